The third-order valence-electron chi connectivity index (χ3n) is 2.95. The van der Waals surface area contributed by atoms with Gasteiger partial charge in [-0.15, -0.1) is 0 Å². The Balaban J connectivity index is 2.48. The van der Waals surface area contributed by atoms with Crippen molar-refractivity contribution in [2.75, 3.05) is 11.4 Å². The third kappa shape index (κ3) is 2.85. The highest BCUT2D eigenvalue weighted by molar-refractivity contribution is 6.30. The van der Waals surface area contributed by atoms with Crippen molar-refractivity contribution in [2.45, 2.75) is 20.5 Å². The molecule has 0 aliphatic rings. The first kappa shape index (κ1) is 13.8. The minimum atomic E-state index is -0.183. The molecule has 100 valence electrons. The van der Waals surface area contributed by atoms with Gasteiger partial charge in [0.05, 0.1) is 12.2 Å². The van der Waals surface area contributed by atoms with Crippen LogP contribution in [0.3, 0.4) is 0 Å². The molecule has 1 aromatic carbocycles. The van der Waals surface area contributed by atoms with Crippen LogP contribution >= 0.6 is 11.6 Å². The summed E-state index contributed by atoms with van der Waals surface area (Å²) in [5.74, 6) is 0.647. The predicted molar refractivity (Wildman–Crippen MR) is 76.8 cm³/mol. The van der Waals surface area contributed by atoms with E-state index in [1.165, 1.54) is 11.9 Å². The molecule has 0 amide bonds. The van der Waals surface area contributed by atoms with Gasteiger partial charge in [0.25, 0.3) is 0 Å². The van der Waals surface area contributed by atoms with Gasteiger partial charge in [0.1, 0.15) is 17.3 Å². The summed E-state index contributed by atoms with van der Waals surface area (Å²) in [6, 6.07) is 8.13. The van der Waals surface area contributed by atoms with E-state index in [9.17, 15) is 5.11 Å². The van der Waals surface area contributed by atoms with E-state index in [1.54, 1.807) is 0 Å². The van der Waals surface area contributed by atoms with Crippen LogP contribution in [-0.2, 0) is 6.61 Å². The number of hydrogen-bond donors (Lipinski definition) is 1. The first-order valence-corrected chi connectivity index (χ1v) is 6.49. The zero-order chi connectivity index (χ0) is 13.8. The number of rotatable bonds is 4. The molecule has 2 rings (SSSR count). The molecule has 4 nitrogen and oxygen atoms in total. The lowest BCUT2D eigenvalue weighted by Gasteiger charge is -2.24. The van der Waals surface area contributed by atoms with Crippen molar-refractivity contribution < 1.29 is 5.11 Å². The maximum atomic E-state index is 9.44. The van der Waals surface area contributed by atoms with Crippen LogP contribution in [0.25, 0.3) is 0 Å². The van der Waals surface area contributed by atoms with Crippen LogP contribution in [0.2, 0.25) is 5.15 Å². The average molecular weight is 278 g/mol. The molecule has 2 aromatic rings. The van der Waals surface area contributed by atoms with Gasteiger partial charge in [0.2, 0.25) is 0 Å². The largest absolute Gasteiger partial charge is 0.391 e. The number of hydrogen-bond acceptors (Lipinski definition) is 4. The first-order valence-electron chi connectivity index (χ1n) is 6.11. The standard InChI is InChI=1S/C14H16ClN3O/c1-3-18(11-6-4-10(2)5-7-11)14-12(8-19)13(15)16-9-17-14/h4-7,9,19H,3,8H2,1-2H3. The van der Waals surface area contributed by atoms with Gasteiger partial charge < -0.3 is 10.0 Å². The van der Waals surface area contributed by atoms with Crippen molar-refractivity contribution in [1.29, 1.82) is 0 Å². The lowest BCUT2D eigenvalue weighted by molar-refractivity contribution is 0.281. The summed E-state index contributed by atoms with van der Waals surface area (Å²) in [5, 5.41) is 9.73. The van der Waals surface area contributed by atoms with Crippen molar-refractivity contribution in [3.05, 3.63) is 46.9 Å². The number of anilines is 2. The second-order valence-electron chi connectivity index (χ2n) is 4.20. The highest BCUT2D eigenvalue weighted by atomic mass is 35.5. The number of nitrogens with zero attached hydrogens (tertiary/aromatic N) is 3. The van der Waals surface area contributed by atoms with Crippen LogP contribution in [-0.4, -0.2) is 21.6 Å². The Hall–Kier alpha value is -1.65. The van der Waals surface area contributed by atoms with E-state index < -0.39 is 0 Å². The maximum Gasteiger partial charge on any atom is 0.143 e. The Morgan fingerprint density at radius 2 is 1.89 bits per heavy atom. The summed E-state index contributed by atoms with van der Waals surface area (Å²) in [5.41, 5.74) is 2.76. The smallest absolute Gasteiger partial charge is 0.143 e. The van der Waals surface area contributed by atoms with Gasteiger partial charge >= 0.3 is 0 Å². The summed E-state index contributed by atoms with van der Waals surface area (Å²) in [7, 11) is 0. The molecule has 0 fully saturated rings. The topological polar surface area (TPSA) is 49.2 Å². The van der Waals surface area contributed by atoms with Crippen LogP contribution in [0.5, 0.6) is 0 Å². The molecule has 19 heavy (non-hydrogen) atoms. The molecular weight excluding hydrogens is 262 g/mol. The number of aliphatic hydroxyl groups is 1. The normalized spacial score (nSPS) is 10.5. The van der Waals surface area contributed by atoms with E-state index in [2.05, 4.69) is 9.97 Å². The molecule has 0 bridgehead atoms. The Bertz CT molecular complexity index is 557. The Labute approximate surface area is 117 Å². The summed E-state index contributed by atoms with van der Waals surface area (Å²) in [6.07, 6.45) is 1.41. The quantitative estimate of drug-likeness (QED) is 0.873. The van der Waals surface area contributed by atoms with Gasteiger partial charge in [-0.1, -0.05) is 29.3 Å². The molecular formula is C14H16ClN3O. The fourth-order valence-corrected chi connectivity index (χ4v) is 2.12. The zero-order valence-electron chi connectivity index (χ0n) is 11.0. The van der Waals surface area contributed by atoms with Crippen molar-refractivity contribution in [3.63, 3.8) is 0 Å². The fraction of sp³-hybridized carbons (Fsp3) is 0.286. The predicted octanol–water partition coefficient (Wildman–Crippen LogP) is 3.09. The Morgan fingerprint density at radius 3 is 2.47 bits per heavy atom. The average Bonchev–Trinajstić information content (AvgIpc) is 2.42. The van der Waals surface area contributed by atoms with Crippen molar-refractivity contribution in [1.82, 2.24) is 9.97 Å². The highest BCUT2D eigenvalue weighted by Gasteiger charge is 2.16. The molecule has 0 saturated heterocycles. The number of halogens is 1. The summed E-state index contributed by atoms with van der Waals surface area (Å²) in [4.78, 5) is 10.2. The van der Waals surface area contributed by atoms with Crippen molar-refractivity contribution in [3.8, 4) is 0 Å². The van der Waals surface area contributed by atoms with Crippen LogP contribution in [0.15, 0.2) is 30.6 Å². The van der Waals surface area contributed by atoms with Gasteiger partial charge in [-0.2, -0.15) is 0 Å². The number of aromatic nitrogens is 2. The van der Waals surface area contributed by atoms with E-state index >= 15 is 0 Å². The molecule has 0 radical (unpaired) electrons. The van der Waals surface area contributed by atoms with Crippen LogP contribution in [0, 0.1) is 6.92 Å². The van der Waals surface area contributed by atoms with Crippen LogP contribution < -0.4 is 4.90 Å². The molecule has 1 aromatic heterocycles. The lowest BCUT2D eigenvalue weighted by atomic mass is 10.2. The van der Waals surface area contributed by atoms with Gasteiger partial charge in [0, 0.05) is 12.2 Å². The van der Waals surface area contributed by atoms with Gasteiger partial charge in [-0.05, 0) is 26.0 Å². The molecule has 0 aliphatic heterocycles. The van der Waals surface area contributed by atoms with E-state index in [0.29, 0.717) is 11.4 Å². The van der Waals surface area contributed by atoms with Crippen molar-refractivity contribution in [2.24, 2.45) is 0 Å². The molecule has 0 atom stereocenters. The number of aryl methyl sites for hydroxylation is 1. The summed E-state index contributed by atoms with van der Waals surface area (Å²) in [6.45, 7) is 4.61. The van der Waals surface area contributed by atoms with Gasteiger partial charge in [-0.25, -0.2) is 9.97 Å². The number of benzene rings is 1. The second-order valence-corrected chi connectivity index (χ2v) is 4.56. The van der Waals surface area contributed by atoms with E-state index in [0.717, 1.165) is 12.2 Å². The molecule has 0 saturated carbocycles. The van der Waals surface area contributed by atoms with E-state index in [1.807, 2.05) is 43.0 Å². The molecule has 1 N–H and O–H groups in total. The molecule has 0 unspecified atom stereocenters. The van der Waals surface area contributed by atoms with Crippen LogP contribution in [0.4, 0.5) is 11.5 Å². The summed E-state index contributed by atoms with van der Waals surface area (Å²) < 4.78 is 0. The minimum Gasteiger partial charge on any atom is -0.391 e. The number of aliphatic hydroxyl groups excluding tert-OH is 1. The zero-order valence-corrected chi connectivity index (χ0v) is 11.7. The van der Waals surface area contributed by atoms with Gasteiger partial charge in [0.15, 0.2) is 0 Å². The summed E-state index contributed by atoms with van der Waals surface area (Å²) >= 11 is 6.01. The fourth-order valence-electron chi connectivity index (χ4n) is 1.93. The maximum absolute atomic E-state index is 9.44. The Morgan fingerprint density at radius 1 is 1.21 bits per heavy atom. The first-order chi connectivity index (χ1) is 9.17. The molecule has 0 spiro atoms. The van der Waals surface area contributed by atoms with Crippen molar-refractivity contribution >= 4 is 23.1 Å². The minimum absolute atomic E-state index is 0.183. The molecule has 1 heterocycles. The second kappa shape index (κ2) is 5.99. The van der Waals surface area contributed by atoms with Gasteiger partial charge in [-0.3, -0.25) is 0 Å². The molecule has 0 aliphatic carbocycles. The van der Waals surface area contributed by atoms with E-state index in [-0.39, 0.29) is 11.8 Å². The third-order valence-corrected chi connectivity index (χ3v) is 3.27. The van der Waals surface area contributed by atoms with E-state index in [4.69, 9.17) is 11.6 Å². The molecule has 5 heteroatoms. The SMILES string of the molecule is CCN(c1ccc(C)cc1)c1ncnc(Cl)c1CO. The lowest BCUT2D eigenvalue weighted by Crippen LogP contribution is -2.19. The van der Waals surface area contributed by atoms with Crippen LogP contribution in [0.1, 0.15) is 18.1 Å². The monoisotopic (exact) mass is 277 g/mol. The Kier molecular flexibility index (Phi) is 4.35. The highest BCUT2D eigenvalue weighted by Crippen LogP contribution is 2.29.